The molecule has 5 heteroatoms. The third kappa shape index (κ3) is 2.70. The molecule has 2 rings (SSSR count). The fraction of sp³-hybridized carbons (Fsp3) is 0.167. The lowest BCUT2D eigenvalue weighted by Gasteiger charge is -2.11. The van der Waals surface area contributed by atoms with Gasteiger partial charge in [-0.25, -0.2) is 4.98 Å². The minimum atomic E-state index is 0.451. The van der Waals surface area contributed by atoms with E-state index in [0.717, 1.165) is 17.0 Å². The number of aromatic nitrogens is 2. The molecule has 0 atom stereocenters. The summed E-state index contributed by atoms with van der Waals surface area (Å²) in [6.45, 7) is 0.451. The molecule has 88 valence electrons. The summed E-state index contributed by atoms with van der Waals surface area (Å²) in [4.78, 5) is 8.14. The topological polar surface area (TPSA) is 73.1 Å². The van der Waals surface area contributed by atoms with Gasteiger partial charge in [-0.2, -0.15) is 0 Å². The van der Waals surface area contributed by atoms with Crippen molar-refractivity contribution in [3.63, 3.8) is 0 Å². The Hall–Kier alpha value is -2.14. The molecule has 0 bridgehead atoms. The molecule has 1 aromatic heterocycles. The van der Waals surface area contributed by atoms with Crippen molar-refractivity contribution in [2.75, 3.05) is 12.4 Å². The van der Waals surface area contributed by atoms with E-state index >= 15 is 0 Å². The second-order valence-electron chi connectivity index (χ2n) is 3.44. The second kappa shape index (κ2) is 5.27. The number of anilines is 2. The molecule has 2 aromatic rings. The fourth-order valence-electron chi connectivity index (χ4n) is 1.48. The molecule has 0 aliphatic rings. The first-order valence-corrected chi connectivity index (χ1v) is 5.23. The van der Waals surface area contributed by atoms with E-state index in [-0.39, 0.29) is 0 Å². The Labute approximate surface area is 99.7 Å². The minimum absolute atomic E-state index is 0.451. The van der Waals surface area contributed by atoms with E-state index in [1.54, 1.807) is 25.7 Å². The predicted molar refractivity (Wildman–Crippen MR) is 66.2 cm³/mol. The predicted octanol–water partition coefficient (Wildman–Crippen LogP) is 1.69. The molecule has 0 fully saturated rings. The zero-order chi connectivity index (χ0) is 12.1. The van der Waals surface area contributed by atoms with Gasteiger partial charge in [0.15, 0.2) is 0 Å². The van der Waals surface area contributed by atoms with E-state index in [2.05, 4.69) is 15.3 Å². The monoisotopic (exact) mass is 230 g/mol. The van der Waals surface area contributed by atoms with Gasteiger partial charge in [-0.05, 0) is 11.6 Å². The Balaban J connectivity index is 2.30. The number of nitrogens with two attached hydrogens (primary N) is 1. The van der Waals surface area contributed by atoms with Crippen LogP contribution >= 0.6 is 0 Å². The van der Waals surface area contributed by atoms with Crippen LogP contribution in [0.3, 0.4) is 0 Å². The highest BCUT2D eigenvalue weighted by Crippen LogP contribution is 2.24. The molecule has 1 aromatic carbocycles. The van der Waals surface area contributed by atoms with E-state index in [0.29, 0.717) is 12.4 Å². The first-order chi connectivity index (χ1) is 8.33. The van der Waals surface area contributed by atoms with Crippen LogP contribution in [0.2, 0.25) is 0 Å². The van der Waals surface area contributed by atoms with Crippen molar-refractivity contribution in [1.82, 2.24) is 9.97 Å². The Morgan fingerprint density at radius 2 is 2.24 bits per heavy atom. The number of methoxy groups -OCH3 is 1. The van der Waals surface area contributed by atoms with Crippen molar-refractivity contribution in [1.29, 1.82) is 0 Å². The molecular formula is C12H14N4O. The second-order valence-corrected chi connectivity index (χ2v) is 3.44. The number of nitrogens with zero attached hydrogens (tertiary/aromatic N) is 2. The van der Waals surface area contributed by atoms with Gasteiger partial charge in [0.1, 0.15) is 11.6 Å². The third-order valence-corrected chi connectivity index (χ3v) is 2.36. The van der Waals surface area contributed by atoms with Gasteiger partial charge in [-0.3, -0.25) is 4.98 Å². The first kappa shape index (κ1) is 11.3. The molecular weight excluding hydrogens is 216 g/mol. The van der Waals surface area contributed by atoms with Crippen LogP contribution in [0.1, 0.15) is 5.56 Å². The highest BCUT2D eigenvalue weighted by atomic mass is 16.5. The van der Waals surface area contributed by atoms with Crippen molar-refractivity contribution in [3.05, 3.63) is 42.4 Å². The molecule has 3 N–H and O–H groups in total. The van der Waals surface area contributed by atoms with Crippen molar-refractivity contribution in [2.45, 2.75) is 6.54 Å². The van der Waals surface area contributed by atoms with Crippen LogP contribution in [0.25, 0.3) is 0 Å². The van der Waals surface area contributed by atoms with Crippen LogP contribution in [-0.2, 0) is 6.54 Å². The number of rotatable bonds is 4. The lowest BCUT2D eigenvalue weighted by molar-refractivity contribution is 0.415. The van der Waals surface area contributed by atoms with Crippen LogP contribution in [-0.4, -0.2) is 17.1 Å². The zero-order valence-corrected chi connectivity index (χ0v) is 9.55. The number of hydrogen-bond donors (Lipinski definition) is 2. The third-order valence-electron chi connectivity index (χ3n) is 2.36. The molecule has 0 aliphatic heterocycles. The van der Waals surface area contributed by atoms with Crippen LogP contribution < -0.4 is 15.8 Å². The number of ether oxygens (including phenoxy) is 1. The Morgan fingerprint density at radius 3 is 2.88 bits per heavy atom. The normalized spacial score (nSPS) is 10.0. The van der Waals surface area contributed by atoms with E-state index < -0.39 is 0 Å². The van der Waals surface area contributed by atoms with Gasteiger partial charge in [-0.15, -0.1) is 0 Å². The number of nitrogens with one attached hydrogen (secondary N) is 1. The maximum atomic E-state index is 5.68. The number of benzene rings is 1. The largest absolute Gasteiger partial charge is 0.497 e. The highest BCUT2D eigenvalue weighted by molar-refractivity contribution is 5.62. The highest BCUT2D eigenvalue weighted by Gasteiger charge is 2.04. The molecule has 0 saturated carbocycles. The molecule has 0 aliphatic carbocycles. The lowest BCUT2D eigenvalue weighted by atomic mass is 10.1. The van der Waals surface area contributed by atoms with Gasteiger partial charge in [0, 0.05) is 30.7 Å². The summed E-state index contributed by atoms with van der Waals surface area (Å²) in [5, 5.41) is 3.16. The quantitative estimate of drug-likeness (QED) is 0.836. The smallest absolute Gasteiger partial charge is 0.148 e. The number of hydrogen-bond acceptors (Lipinski definition) is 5. The van der Waals surface area contributed by atoms with E-state index in [9.17, 15) is 0 Å². The van der Waals surface area contributed by atoms with Gasteiger partial charge < -0.3 is 15.8 Å². The van der Waals surface area contributed by atoms with Crippen molar-refractivity contribution in [3.8, 4) is 5.75 Å². The van der Waals surface area contributed by atoms with Gasteiger partial charge in [-0.1, -0.05) is 6.07 Å². The zero-order valence-electron chi connectivity index (χ0n) is 9.55. The Morgan fingerprint density at radius 1 is 1.35 bits per heavy atom. The molecule has 0 unspecified atom stereocenters. The Bertz CT molecular complexity index is 487. The van der Waals surface area contributed by atoms with Crippen LogP contribution in [0.15, 0.2) is 36.8 Å². The Kier molecular flexibility index (Phi) is 3.52. The minimum Gasteiger partial charge on any atom is -0.497 e. The summed E-state index contributed by atoms with van der Waals surface area (Å²) in [6.07, 6.45) is 4.91. The van der Waals surface area contributed by atoms with Gasteiger partial charge >= 0.3 is 0 Å². The summed E-state index contributed by atoms with van der Waals surface area (Å²) in [6, 6.07) is 5.69. The molecule has 0 radical (unpaired) electrons. The summed E-state index contributed by atoms with van der Waals surface area (Å²) >= 11 is 0. The van der Waals surface area contributed by atoms with E-state index in [1.807, 2.05) is 18.2 Å². The molecule has 1 heterocycles. The van der Waals surface area contributed by atoms with E-state index in [4.69, 9.17) is 10.5 Å². The van der Waals surface area contributed by atoms with Crippen molar-refractivity contribution >= 4 is 11.5 Å². The molecule has 17 heavy (non-hydrogen) atoms. The van der Waals surface area contributed by atoms with Crippen LogP contribution in [0, 0.1) is 0 Å². The molecule has 0 spiro atoms. The molecule has 0 amide bonds. The van der Waals surface area contributed by atoms with Gasteiger partial charge in [0.2, 0.25) is 0 Å². The van der Waals surface area contributed by atoms with Gasteiger partial charge in [0.25, 0.3) is 0 Å². The first-order valence-electron chi connectivity index (χ1n) is 5.23. The summed E-state index contributed by atoms with van der Waals surface area (Å²) in [5.41, 5.74) is 7.56. The maximum Gasteiger partial charge on any atom is 0.148 e. The summed E-state index contributed by atoms with van der Waals surface area (Å²) in [7, 11) is 1.63. The molecule has 0 saturated heterocycles. The van der Waals surface area contributed by atoms with Crippen LogP contribution in [0.4, 0.5) is 11.5 Å². The van der Waals surface area contributed by atoms with Crippen LogP contribution in [0.5, 0.6) is 5.75 Å². The average Bonchev–Trinajstić information content (AvgIpc) is 2.40. The standard InChI is InChI=1S/C12H14N4O/c1-17-10-3-2-9(7-13)11(6-10)16-12-8-14-4-5-15-12/h2-6,8H,7,13H2,1H3,(H,15,16). The summed E-state index contributed by atoms with van der Waals surface area (Å²) < 4.78 is 5.18. The van der Waals surface area contributed by atoms with Crippen molar-refractivity contribution < 1.29 is 4.74 Å². The maximum absolute atomic E-state index is 5.68. The average molecular weight is 230 g/mol. The fourth-order valence-corrected chi connectivity index (χ4v) is 1.48. The van der Waals surface area contributed by atoms with Gasteiger partial charge in [0.05, 0.1) is 13.3 Å². The molecule has 5 nitrogen and oxygen atoms in total. The van der Waals surface area contributed by atoms with E-state index in [1.165, 1.54) is 0 Å². The van der Waals surface area contributed by atoms with Crippen molar-refractivity contribution in [2.24, 2.45) is 5.73 Å². The SMILES string of the molecule is COc1ccc(CN)c(Nc2cnccn2)c1. The summed E-state index contributed by atoms with van der Waals surface area (Å²) in [5.74, 6) is 1.45. The lowest BCUT2D eigenvalue weighted by Crippen LogP contribution is -2.03.